The first kappa shape index (κ1) is 19.8. The van der Waals surface area contributed by atoms with Gasteiger partial charge in [-0.3, -0.25) is 0 Å². The smallest absolute Gasteiger partial charge is 0.119 e. The highest BCUT2D eigenvalue weighted by Gasteiger charge is 2.42. The van der Waals surface area contributed by atoms with Gasteiger partial charge in [-0.15, -0.1) is 0 Å². The van der Waals surface area contributed by atoms with Crippen LogP contribution in [0.2, 0.25) is 0 Å². The van der Waals surface area contributed by atoms with E-state index in [-0.39, 0.29) is 12.5 Å². The SMILES string of the molecule is CC1C(CO)OC(c2cccc(OCCCc3ccccc3)c2)C(O)C1O. The van der Waals surface area contributed by atoms with Gasteiger partial charge in [-0.2, -0.15) is 0 Å². The van der Waals surface area contributed by atoms with Crippen molar-refractivity contribution in [3.8, 4) is 5.75 Å². The maximum absolute atomic E-state index is 10.4. The normalized spacial score (nSPS) is 28.1. The summed E-state index contributed by atoms with van der Waals surface area (Å²) in [6, 6.07) is 17.6. The van der Waals surface area contributed by atoms with Crippen LogP contribution >= 0.6 is 0 Å². The summed E-state index contributed by atoms with van der Waals surface area (Å²) in [6.45, 7) is 2.15. The van der Waals surface area contributed by atoms with E-state index in [1.165, 1.54) is 5.56 Å². The van der Waals surface area contributed by atoms with Crippen LogP contribution in [0, 0.1) is 5.92 Å². The van der Waals surface area contributed by atoms with E-state index in [4.69, 9.17) is 9.47 Å². The Kier molecular flexibility index (Phi) is 6.85. The minimum absolute atomic E-state index is 0.197. The molecule has 27 heavy (non-hydrogen) atoms. The van der Waals surface area contributed by atoms with Gasteiger partial charge >= 0.3 is 0 Å². The van der Waals surface area contributed by atoms with Crippen LogP contribution in [0.1, 0.15) is 30.6 Å². The lowest BCUT2D eigenvalue weighted by molar-refractivity contribution is -0.207. The molecule has 0 aliphatic carbocycles. The summed E-state index contributed by atoms with van der Waals surface area (Å²) in [5.41, 5.74) is 2.01. The highest BCUT2D eigenvalue weighted by molar-refractivity contribution is 5.31. The Hall–Kier alpha value is -1.92. The number of ether oxygens (including phenoxy) is 2. The third kappa shape index (κ3) is 4.87. The first-order valence-electron chi connectivity index (χ1n) is 9.49. The van der Waals surface area contributed by atoms with Crippen molar-refractivity contribution >= 4 is 0 Å². The van der Waals surface area contributed by atoms with Crippen molar-refractivity contribution in [1.29, 1.82) is 0 Å². The Balaban J connectivity index is 1.59. The molecule has 0 radical (unpaired) electrons. The van der Waals surface area contributed by atoms with Crippen LogP contribution in [-0.4, -0.2) is 46.8 Å². The molecular formula is C22H28O5. The summed E-state index contributed by atoms with van der Waals surface area (Å²) < 4.78 is 11.7. The van der Waals surface area contributed by atoms with E-state index < -0.39 is 24.4 Å². The summed E-state index contributed by atoms with van der Waals surface area (Å²) >= 11 is 0. The zero-order valence-corrected chi connectivity index (χ0v) is 15.6. The molecule has 0 aromatic heterocycles. The molecule has 3 rings (SSSR count). The number of rotatable bonds is 7. The molecule has 5 nitrogen and oxygen atoms in total. The van der Waals surface area contributed by atoms with E-state index in [0.29, 0.717) is 12.4 Å². The highest BCUT2D eigenvalue weighted by atomic mass is 16.5. The monoisotopic (exact) mass is 372 g/mol. The van der Waals surface area contributed by atoms with E-state index in [9.17, 15) is 15.3 Å². The average Bonchev–Trinajstić information content (AvgIpc) is 2.71. The lowest BCUT2D eigenvalue weighted by atomic mass is 9.86. The standard InChI is InChI=1S/C22H28O5/c1-15-19(14-23)27-22(21(25)20(15)24)17-10-5-11-18(13-17)26-12-6-9-16-7-3-2-4-8-16/h2-5,7-8,10-11,13,15,19-25H,6,9,12,14H2,1H3. The predicted molar refractivity (Wildman–Crippen MR) is 103 cm³/mol. The highest BCUT2D eigenvalue weighted by Crippen LogP contribution is 2.36. The van der Waals surface area contributed by atoms with Gasteiger partial charge in [0.2, 0.25) is 0 Å². The van der Waals surface area contributed by atoms with Crippen molar-refractivity contribution < 1.29 is 24.8 Å². The van der Waals surface area contributed by atoms with Gasteiger partial charge in [0, 0.05) is 5.92 Å². The fourth-order valence-corrected chi connectivity index (χ4v) is 3.48. The van der Waals surface area contributed by atoms with Gasteiger partial charge in [-0.05, 0) is 36.1 Å². The minimum atomic E-state index is -1.05. The molecule has 2 aromatic carbocycles. The second-order valence-electron chi connectivity index (χ2n) is 7.13. The molecule has 3 N–H and O–H groups in total. The summed E-state index contributed by atoms with van der Waals surface area (Å²) in [4.78, 5) is 0. The van der Waals surface area contributed by atoms with Crippen molar-refractivity contribution in [2.75, 3.05) is 13.2 Å². The Morgan fingerprint density at radius 1 is 1.00 bits per heavy atom. The first-order valence-corrected chi connectivity index (χ1v) is 9.49. The van der Waals surface area contributed by atoms with Crippen molar-refractivity contribution in [3.63, 3.8) is 0 Å². The van der Waals surface area contributed by atoms with Crippen LogP contribution in [0.3, 0.4) is 0 Å². The van der Waals surface area contributed by atoms with Gasteiger partial charge in [0.05, 0.1) is 25.4 Å². The van der Waals surface area contributed by atoms with Crippen molar-refractivity contribution in [1.82, 2.24) is 0 Å². The molecule has 0 bridgehead atoms. The number of hydrogen-bond acceptors (Lipinski definition) is 5. The minimum Gasteiger partial charge on any atom is -0.494 e. The third-order valence-corrected chi connectivity index (χ3v) is 5.19. The molecule has 2 aromatic rings. The Bertz CT molecular complexity index is 703. The lowest BCUT2D eigenvalue weighted by Crippen LogP contribution is -2.50. The van der Waals surface area contributed by atoms with Gasteiger partial charge in [0.25, 0.3) is 0 Å². The van der Waals surface area contributed by atoms with Crippen LogP contribution in [0.5, 0.6) is 5.75 Å². The summed E-state index contributed by atoms with van der Waals surface area (Å²) in [7, 11) is 0. The van der Waals surface area contributed by atoms with E-state index in [1.54, 1.807) is 6.92 Å². The zero-order chi connectivity index (χ0) is 19.2. The molecule has 0 amide bonds. The largest absolute Gasteiger partial charge is 0.494 e. The van der Waals surface area contributed by atoms with Gasteiger partial charge in [0.1, 0.15) is 18.0 Å². The number of aryl methyl sites for hydroxylation is 1. The second-order valence-corrected chi connectivity index (χ2v) is 7.13. The van der Waals surface area contributed by atoms with Crippen LogP contribution in [-0.2, 0) is 11.2 Å². The topological polar surface area (TPSA) is 79.2 Å². The lowest BCUT2D eigenvalue weighted by Gasteiger charge is -2.41. The van der Waals surface area contributed by atoms with Crippen LogP contribution in [0.15, 0.2) is 54.6 Å². The van der Waals surface area contributed by atoms with E-state index in [2.05, 4.69) is 12.1 Å². The molecule has 0 spiro atoms. The summed E-state index contributed by atoms with van der Waals surface area (Å²) in [6.07, 6.45) is -1.34. The molecule has 1 heterocycles. The molecule has 146 valence electrons. The summed E-state index contributed by atoms with van der Waals surface area (Å²) in [5, 5.41) is 30.1. The van der Waals surface area contributed by atoms with Crippen LogP contribution < -0.4 is 4.74 Å². The Labute approximate surface area is 160 Å². The molecule has 5 unspecified atom stereocenters. The molecule has 1 aliphatic rings. The molecule has 0 saturated carbocycles. The number of hydrogen-bond donors (Lipinski definition) is 3. The fraction of sp³-hybridized carbons (Fsp3) is 0.455. The Morgan fingerprint density at radius 3 is 2.52 bits per heavy atom. The molecule has 1 saturated heterocycles. The quantitative estimate of drug-likeness (QED) is 0.651. The average molecular weight is 372 g/mol. The fourth-order valence-electron chi connectivity index (χ4n) is 3.48. The van der Waals surface area contributed by atoms with Gasteiger partial charge in [-0.1, -0.05) is 49.4 Å². The maximum atomic E-state index is 10.4. The summed E-state index contributed by atoms with van der Waals surface area (Å²) in [5.74, 6) is 0.365. The van der Waals surface area contributed by atoms with Crippen molar-refractivity contribution in [3.05, 3.63) is 65.7 Å². The van der Waals surface area contributed by atoms with Crippen molar-refractivity contribution in [2.24, 2.45) is 5.92 Å². The van der Waals surface area contributed by atoms with E-state index >= 15 is 0 Å². The zero-order valence-electron chi connectivity index (χ0n) is 15.6. The Morgan fingerprint density at radius 2 is 1.78 bits per heavy atom. The molecule has 5 atom stereocenters. The number of aliphatic hydroxyl groups is 3. The number of aliphatic hydroxyl groups excluding tert-OH is 3. The third-order valence-electron chi connectivity index (χ3n) is 5.19. The molecule has 5 heteroatoms. The second kappa shape index (κ2) is 9.33. The van der Waals surface area contributed by atoms with E-state index in [1.807, 2.05) is 42.5 Å². The van der Waals surface area contributed by atoms with Gasteiger partial charge < -0.3 is 24.8 Å². The van der Waals surface area contributed by atoms with Crippen LogP contribution in [0.4, 0.5) is 0 Å². The van der Waals surface area contributed by atoms with Gasteiger partial charge in [-0.25, -0.2) is 0 Å². The number of benzene rings is 2. The predicted octanol–water partition coefficient (Wildman–Crippen LogP) is 2.49. The maximum Gasteiger partial charge on any atom is 0.119 e. The van der Waals surface area contributed by atoms with Crippen molar-refractivity contribution in [2.45, 2.75) is 44.2 Å². The van der Waals surface area contributed by atoms with E-state index in [0.717, 1.165) is 18.4 Å². The first-order chi connectivity index (χ1) is 13.1. The van der Waals surface area contributed by atoms with Gasteiger partial charge in [0.15, 0.2) is 0 Å². The molecule has 1 aliphatic heterocycles. The van der Waals surface area contributed by atoms with Crippen LogP contribution in [0.25, 0.3) is 0 Å². The molecular weight excluding hydrogens is 344 g/mol. The molecule has 1 fully saturated rings.